The number of benzene rings is 1. The SMILES string of the molecule is Cc1cccc(CCNc2ccc(F)cn2)c1. The first-order valence-electron chi connectivity index (χ1n) is 5.65. The van der Waals surface area contributed by atoms with Gasteiger partial charge in [0.1, 0.15) is 11.6 Å². The van der Waals surface area contributed by atoms with Gasteiger partial charge in [-0.25, -0.2) is 9.37 Å². The number of aromatic nitrogens is 1. The molecule has 0 spiro atoms. The Morgan fingerprint density at radius 3 is 2.82 bits per heavy atom. The number of anilines is 1. The maximum Gasteiger partial charge on any atom is 0.141 e. The van der Waals surface area contributed by atoms with Crippen LogP contribution in [0.1, 0.15) is 11.1 Å². The number of rotatable bonds is 4. The average Bonchev–Trinajstić information content (AvgIpc) is 2.32. The number of nitrogens with zero attached hydrogens (tertiary/aromatic N) is 1. The van der Waals surface area contributed by atoms with Crippen LogP contribution in [0.15, 0.2) is 42.6 Å². The Bertz CT molecular complexity index is 480. The molecule has 0 unspecified atom stereocenters. The summed E-state index contributed by atoms with van der Waals surface area (Å²) in [6.07, 6.45) is 2.15. The summed E-state index contributed by atoms with van der Waals surface area (Å²) in [4.78, 5) is 3.94. The van der Waals surface area contributed by atoms with Gasteiger partial charge in [-0.3, -0.25) is 0 Å². The molecule has 0 saturated heterocycles. The third-order valence-corrected chi connectivity index (χ3v) is 2.53. The highest BCUT2D eigenvalue weighted by atomic mass is 19.1. The fourth-order valence-corrected chi connectivity index (χ4v) is 1.68. The van der Waals surface area contributed by atoms with E-state index in [1.807, 2.05) is 0 Å². The van der Waals surface area contributed by atoms with E-state index in [0.29, 0.717) is 5.82 Å². The number of pyridine rings is 1. The van der Waals surface area contributed by atoms with Crippen molar-refractivity contribution in [2.24, 2.45) is 0 Å². The van der Waals surface area contributed by atoms with Gasteiger partial charge in [-0.1, -0.05) is 29.8 Å². The van der Waals surface area contributed by atoms with Crippen molar-refractivity contribution in [1.82, 2.24) is 4.98 Å². The van der Waals surface area contributed by atoms with E-state index in [1.165, 1.54) is 23.4 Å². The van der Waals surface area contributed by atoms with Crippen molar-refractivity contribution in [3.8, 4) is 0 Å². The highest BCUT2D eigenvalue weighted by Gasteiger charge is 1.96. The van der Waals surface area contributed by atoms with Crippen molar-refractivity contribution in [2.45, 2.75) is 13.3 Å². The van der Waals surface area contributed by atoms with Gasteiger partial charge in [0.2, 0.25) is 0 Å². The van der Waals surface area contributed by atoms with E-state index >= 15 is 0 Å². The molecule has 17 heavy (non-hydrogen) atoms. The van der Waals surface area contributed by atoms with E-state index in [2.05, 4.69) is 41.5 Å². The lowest BCUT2D eigenvalue weighted by atomic mass is 10.1. The monoisotopic (exact) mass is 230 g/mol. The van der Waals surface area contributed by atoms with Crippen LogP contribution in [-0.2, 0) is 6.42 Å². The smallest absolute Gasteiger partial charge is 0.141 e. The summed E-state index contributed by atoms with van der Waals surface area (Å²) in [6.45, 7) is 2.88. The van der Waals surface area contributed by atoms with Gasteiger partial charge in [0.25, 0.3) is 0 Å². The molecule has 0 aliphatic heterocycles. The molecule has 0 bridgehead atoms. The molecule has 1 aromatic heterocycles. The minimum atomic E-state index is -0.311. The summed E-state index contributed by atoms with van der Waals surface area (Å²) in [5, 5.41) is 3.16. The standard InChI is InChI=1S/C14H15FN2/c1-11-3-2-4-12(9-11)7-8-16-14-6-5-13(15)10-17-14/h2-6,9-10H,7-8H2,1H3,(H,16,17). The molecular weight excluding hydrogens is 215 g/mol. The van der Waals surface area contributed by atoms with Gasteiger partial charge in [0.15, 0.2) is 0 Å². The minimum absolute atomic E-state index is 0.311. The Hall–Kier alpha value is -1.90. The lowest BCUT2D eigenvalue weighted by Crippen LogP contribution is -2.06. The van der Waals surface area contributed by atoms with Crippen molar-refractivity contribution >= 4 is 5.82 Å². The molecule has 2 nitrogen and oxygen atoms in total. The molecule has 0 fully saturated rings. The summed E-state index contributed by atoms with van der Waals surface area (Å²) in [6, 6.07) is 11.5. The predicted molar refractivity (Wildman–Crippen MR) is 67.6 cm³/mol. The summed E-state index contributed by atoms with van der Waals surface area (Å²) < 4.78 is 12.6. The third kappa shape index (κ3) is 3.55. The van der Waals surface area contributed by atoms with Crippen LogP contribution in [0, 0.1) is 12.7 Å². The molecule has 88 valence electrons. The zero-order chi connectivity index (χ0) is 12.1. The van der Waals surface area contributed by atoms with Crippen LogP contribution in [-0.4, -0.2) is 11.5 Å². The largest absolute Gasteiger partial charge is 0.370 e. The van der Waals surface area contributed by atoms with E-state index in [0.717, 1.165) is 13.0 Å². The molecular formula is C14H15FN2. The lowest BCUT2D eigenvalue weighted by molar-refractivity contribution is 0.621. The summed E-state index contributed by atoms with van der Waals surface area (Å²) >= 11 is 0. The molecule has 0 aliphatic carbocycles. The maximum absolute atomic E-state index is 12.6. The maximum atomic E-state index is 12.6. The van der Waals surface area contributed by atoms with E-state index < -0.39 is 0 Å². The van der Waals surface area contributed by atoms with Crippen LogP contribution < -0.4 is 5.32 Å². The number of hydrogen-bond acceptors (Lipinski definition) is 2. The second-order valence-electron chi connectivity index (χ2n) is 4.03. The number of hydrogen-bond donors (Lipinski definition) is 1. The van der Waals surface area contributed by atoms with E-state index in [1.54, 1.807) is 6.07 Å². The molecule has 0 aliphatic rings. The second kappa shape index (κ2) is 5.43. The predicted octanol–water partition coefficient (Wildman–Crippen LogP) is 3.18. The molecule has 3 heteroatoms. The Labute approximate surface area is 101 Å². The van der Waals surface area contributed by atoms with Crippen molar-refractivity contribution in [3.05, 3.63) is 59.5 Å². The topological polar surface area (TPSA) is 24.9 Å². The Balaban J connectivity index is 1.85. The van der Waals surface area contributed by atoms with Crippen LogP contribution in [0.2, 0.25) is 0 Å². The second-order valence-corrected chi connectivity index (χ2v) is 4.03. The molecule has 0 amide bonds. The van der Waals surface area contributed by atoms with Gasteiger partial charge in [-0.2, -0.15) is 0 Å². The van der Waals surface area contributed by atoms with Gasteiger partial charge in [-0.05, 0) is 31.0 Å². The fraction of sp³-hybridized carbons (Fsp3) is 0.214. The van der Waals surface area contributed by atoms with Crippen LogP contribution in [0.5, 0.6) is 0 Å². The third-order valence-electron chi connectivity index (χ3n) is 2.53. The summed E-state index contributed by atoms with van der Waals surface area (Å²) in [5.41, 5.74) is 2.56. The molecule has 1 aromatic carbocycles. The van der Waals surface area contributed by atoms with Crippen LogP contribution in [0.25, 0.3) is 0 Å². The fourth-order valence-electron chi connectivity index (χ4n) is 1.68. The van der Waals surface area contributed by atoms with Crippen LogP contribution in [0.3, 0.4) is 0 Å². The number of aryl methyl sites for hydroxylation is 1. The van der Waals surface area contributed by atoms with Crippen molar-refractivity contribution in [1.29, 1.82) is 0 Å². The van der Waals surface area contributed by atoms with E-state index in [4.69, 9.17) is 0 Å². The summed E-state index contributed by atoms with van der Waals surface area (Å²) in [7, 11) is 0. The number of halogens is 1. The van der Waals surface area contributed by atoms with Gasteiger partial charge in [-0.15, -0.1) is 0 Å². The molecule has 2 aromatic rings. The Morgan fingerprint density at radius 2 is 2.12 bits per heavy atom. The highest BCUT2D eigenvalue weighted by Crippen LogP contribution is 2.06. The average molecular weight is 230 g/mol. The molecule has 0 atom stereocenters. The quantitative estimate of drug-likeness (QED) is 0.872. The van der Waals surface area contributed by atoms with Crippen LogP contribution >= 0.6 is 0 Å². The number of nitrogens with one attached hydrogen (secondary N) is 1. The lowest BCUT2D eigenvalue weighted by Gasteiger charge is -2.05. The highest BCUT2D eigenvalue weighted by molar-refractivity contribution is 5.34. The minimum Gasteiger partial charge on any atom is -0.370 e. The molecule has 1 N–H and O–H groups in total. The summed E-state index contributed by atoms with van der Waals surface area (Å²) in [5.74, 6) is 0.397. The molecule has 2 rings (SSSR count). The van der Waals surface area contributed by atoms with Crippen molar-refractivity contribution in [2.75, 3.05) is 11.9 Å². The van der Waals surface area contributed by atoms with Gasteiger partial charge in [0, 0.05) is 6.54 Å². The first-order chi connectivity index (χ1) is 8.24. The van der Waals surface area contributed by atoms with Gasteiger partial charge >= 0.3 is 0 Å². The van der Waals surface area contributed by atoms with Crippen molar-refractivity contribution in [3.63, 3.8) is 0 Å². The van der Waals surface area contributed by atoms with Gasteiger partial charge < -0.3 is 5.32 Å². The molecule has 1 heterocycles. The van der Waals surface area contributed by atoms with Crippen molar-refractivity contribution < 1.29 is 4.39 Å². The van der Waals surface area contributed by atoms with Crippen LogP contribution in [0.4, 0.5) is 10.2 Å². The zero-order valence-corrected chi connectivity index (χ0v) is 9.78. The Morgan fingerprint density at radius 1 is 1.24 bits per heavy atom. The molecule has 0 saturated carbocycles. The van der Waals surface area contributed by atoms with E-state index in [9.17, 15) is 4.39 Å². The normalized spacial score (nSPS) is 10.2. The molecule has 0 radical (unpaired) electrons. The first kappa shape index (κ1) is 11.6. The van der Waals surface area contributed by atoms with Gasteiger partial charge in [0.05, 0.1) is 6.20 Å². The van der Waals surface area contributed by atoms with E-state index in [-0.39, 0.29) is 5.82 Å². The Kier molecular flexibility index (Phi) is 3.70. The zero-order valence-electron chi connectivity index (χ0n) is 9.78. The first-order valence-corrected chi connectivity index (χ1v) is 5.65.